The second-order valence-electron chi connectivity index (χ2n) is 6.94. The van der Waals surface area contributed by atoms with Crippen molar-refractivity contribution in [1.82, 2.24) is 14.9 Å². The molecule has 29 heavy (non-hydrogen) atoms. The Hall–Kier alpha value is -1.64. The summed E-state index contributed by atoms with van der Waals surface area (Å²) in [6.07, 6.45) is 2.78. The fourth-order valence-electron chi connectivity index (χ4n) is 3.30. The second kappa shape index (κ2) is 9.45. The monoisotopic (exact) mass is 453 g/mol. The van der Waals surface area contributed by atoms with E-state index in [0.29, 0.717) is 18.1 Å². The van der Waals surface area contributed by atoms with Gasteiger partial charge in [0.15, 0.2) is 20.7 Å². The van der Waals surface area contributed by atoms with E-state index in [1.807, 2.05) is 31.2 Å². The van der Waals surface area contributed by atoms with Gasteiger partial charge in [-0.3, -0.25) is 4.79 Å². The number of benzene rings is 1. The zero-order valence-corrected chi connectivity index (χ0v) is 18.9. The van der Waals surface area contributed by atoms with E-state index < -0.39 is 15.9 Å². The van der Waals surface area contributed by atoms with Gasteiger partial charge in [-0.25, -0.2) is 18.4 Å². The number of nitrogens with zero attached hydrogens (tertiary/aromatic N) is 3. The van der Waals surface area contributed by atoms with Crippen LogP contribution in [0.15, 0.2) is 35.6 Å². The molecule has 1 unspecified atom stereocenters. The Balaban J connectivity index is 1.93. The minimum absolute atomic E-state index is 0.0367. The summed E-state index contributed by atoms with van der Waals surface area (Å²) in [5.41, 5.74) is 2.26. The summed E-state index contributed by atoms with van der Waals surface area (Å²) >= 11 is 7.66. The number of carbonyl (C=O) groups excluding carboxylic acids is 1. The number of aryl methyl sites for hydroxylation is 1. The van der Waals surface area contributed by atoms with E-state index in [9.17, 15) is 13.2 Å². The molecule has 1 aromatic heterocycles. The van der Waals surface area contributed by atoms with Gasteiger partial charge >= 0.3 is 0 Å². The van der Waals surface area contributed by atoms with Gasteiger partial charge in [-0.15, -0.1) is 0 Å². The Morgan fingerprint density at radius 1 is 1.24 bits per heavy atom. The van der Waals surface area contributed by atoms with Crippen LogP contribution in [-0.2, 0) is 22.8 Å². The molecule has 1 aliphatic rings. The first kappa shape index (κ1) is 22.1. The van der Waals surface area contributed by atoms with Gasteiger partial charge in [0, 0.05) is 12.6 Å². The zero-order valence-electron chi connectivity index (χ0n) is 16.5. The topological polar surface area (TPSA) is 80.2 Å². The SMILES string of the molecule is CCSc1ncc(Cl)c(C(=O)N(Cc2ccc(CC)cc2)C2CCS(=O)(=O)C2)n1. The molecular formula is C20H24ClN3O3S2. The molecule has 1 amide bonds. The van der Waals surface area contributed by atoms with Gasteiger partial charge in [0.2, 0.25) is 0 Å². The quantitative estimate of drug-likeness (QED) is 0.470. The van der Waals surface area contributed by atoms with Gasteiger partial charge in [-0.05, 0) is 29.7 Å². The largest absolute Gasteiger partial charge is 0.329 e. The molecule has 0 aliphatic carbocycles. The van der Waals surface area contributed by atoms with Crippen LogP contribution in [0.5, 0.6) is 0 Å². The van der Waals surface area contributed by atoms with Crippen LogP contribution in [0.4, 0.5) is 0 Å². The molecule has 0 saturated carbocycles. The number of hydrogen-bond acceptors (Lipinski definition) is 6. The average Bonchev–Trinajstić information content (AvgIpc) is 3.07. The molecule has 0 bridgehead atoms. The number of thioether (sulfide) groups is 1. The molecule has 0 radical (unpaired) electrons. The van der Waals surface area contributed by atoms with Crippen LogP contribution >= 0.6 is 23.4 Å². The van der Waals surface area contributed by atoms with Crippen molar-refractivity contribution in [3.8, 4) is 0 Å². The van der Waals surface area contributed by atoms with Crippen LogP contribution in [-0.4, -0.2) is 52.5 Å². The molecule has 1 atom stereocenters. The maximum Gasteiger partial charge on any atom is 0.274 e. The highest BCUT2D eigenvalue weighted by Crippen LogP contribution is 2.25. The first-order valence-corrected chi connectivity index (χ1v) is 12.8. The number of amides is 1. The van der Waals surface area contributed by atoms with Crippen molar-refractivity contribution in [2.75, 3.05) is 17.3 Å². The van der Waals surface area contributed by atoms with Gasteiger partial charge in [-0.1, -0.05) is 61.5 Å². The van der Waals surface area contributed by atoms with Crippen molar-refractivity contribution in [3.05, 3.63) is 52.3 Å². The van der Waals surface area contributed by atoms with E-state index in [4.69, 9.17) is 11.6 Å². The minimum atomic E-state index is -3.15. The normalized spacial score (nSPS) is 18.0. The summed E-state index contributed by atoms with van der Waals surface area (Å²) in [7, 11) is -3.15. The molecule has 156 valence electrons. The lowest BCUT2D eigenvalue weighted by molar-refractivity contribution is 0.0674. The van der Waals surface area contributed by atoms with Crippen molar-refractivity contribution >= 4 is 39.1 Å². The summed E-state index contributed by atoms with van der Waals surface area (Å²) in [4.78, 5) is 23.5. The zero-order chi connectivity index (χ0) is 21.0. The predicted molar refractivity (Wildman–Crippen MR) is 116 cm³/mol. The summed E-state index contributed by atoms with van der Waals surface area (Å²) in [5, 5.41) is 0.647. The van der Waals surface area contributed by atoms with Crippen molar-refractivity contribution in [2.45, 2.75) is 44.4 Å². The van der Waals surface area contributed by atoms with Crippen LogP contribution in [0, 0.1) is 0 Å². The second-order valence-corrected chi connectivity index (χ2v) is 10.8. The molecule has 1 aromatic carbocycles. The average molecular weight is 454 g/mol. The molecule has 1 fully saturated rings. The third kappa shape index (κ3) is 5.49. The molecule has 2 aromatic rings. The van der Waals surface area contributed by atoms with Crippen LogP contribution in [0.25, 0.3) is 0 Å². The maximum atomic E-state index is 13.4. The predicted octanol–water partition coefficient (Wildman–Crippen LogP) is 3.63. The van der Waals surface area contributed by atoms with E-state index in [1.165, 1.54) is 23.5 Å². The standard InChI is InChI=1S/C20H24ClN3O3S2/c1-3-14-5-7-15(8-6-14)12-24(16-9-10-29(26,27)13-16)19(25)18-17(21)11-22-20(23-18)28-4-2/h5-8,11,16H,3-4,9-10,12-13H2,1-2H3. The maximum absolute atomic E-state index is 13.4. The van der Waals surface area contributed by atoms with E-state index >= 15 is 0 Å². The molecule has 6 nitrogen and oxygen atoms in total. The lowest BCUT2D eigenvalue weighted by atomic mass is 10.1. The lowest BCUT2D eigenvalue weighted by Crippen LogP contribution is -2.41. The third-order valence-electron chi connectivity index (χ3n) is 4.89. The Kier molecular flexibility index (Phi) is 7.19. The highest BCUT2D eigenvalue weighted by atomic mass is 35.5. The van der Waals surface area contributed by atoms with Gasteiger partial charge < -0.3 is 4.90 Å². The van der Waals surface area contributed by atoms with Crippen molar-refractivity contribution in [2.24, 2.45) is 0 Å². The Morgan fingerprint density at radius 2 is 1.93 bits per heavy atom. The van der Waals surface area contributed by atoms with E-state index in [-0.39, 0.29) is 28.1 Å². The molecule has 0 N–H and O–H groups in total. The summed E-state index contributed by atoms with van der Waals surface area (Å²) in [5.74, 6) is 0.455. The highest BCUT2D eigenvalue weighted by molar-refractivity contribution is 7.99. The smallest absolute Gasteiger partial charge is 0.274 e. The minimum Gasteiger partial charge on any atom is -0.329 e. The van der Waals surface area contributed by atoms with Gasteiger partial charge in [0.1, 0.15) is 0 Å². The molecule has 3 rings (SSSR count). The Labute approximate surface area is 181 Å². The first-order valence-electron chi connectivity index (χ1n) is 9.57. The van der Waals surface area contributed by atoms with Crippen molar-refractivity contribution in [3.63, 3.8) is 0 Å². The van der Waals surface area contributed by atoms with Gasteiger partial charge in [0.05, 0.1) is 22.7 Å². The van der Waals surface area contributed by atoms with E-state index in [1.54, 1.807) is 4.90 Å². The number of hydrogen-bond donors (Lipinski definition) is 0. The molecular weight excluding hydrogens is 430 g/mol. The van der Waals surface area contributed by atoms with E-state index in [0.717, 1.165) is 17.7 Å². The molecule has 1 saturated heterocycles. The molecule has 2 heterocycles. The van der Waals surface area contributed by atoms with Crippen LogP contribution in [0.1, 0.15) is 41.9 Å². The molecule has 0 spiro atoms. The van der Waals surface area contributed by atoms with Crippen molar-refractivity contribution < 1.29 is 13.2 Å². The first-order chi connectivity index (χ1) is 13.8. The summed E-state index contributed by atoms with van der Waals surface area (Å²) < 4.78 is 24.1. The number of sulfone groups is 1. The van der Waals surface area contributed by atoms with Crippen LogP contribution in [0.2, 0.25) is 5.02 Å². The summed E-state index contributed by atoms with van der Waals surface area (Å²) in [6.45, 7) is 4.36. The van der Waals surface area contributed by atoms with Crippen molar-refractivity contribution in [1.29, 1.82) is 0 Å². The van der Waals surface area contributed by atoms with Crippen LogP contribution < -0.4 is 0 Å². The number of rotatable bonds is 7. The highest BCUT2D eigenvalue weighted by Gasteiger charge is 2.36. The van der Waals surface area contributed by atoms with Crippen LogP contribution in [0.3, 0.4) is 0 Å². The number of carbonyl (C=O) groups is 1. The van der Waals surface area contributed by atoms with Gasteiger partial charge in [-0.2, -0.15) is 0 Å². The fraction of sp³-hybridized carbons (Fsp3) is 0.450. The Bertz CT molecular complexity index is 981. The fourth-order valence-corrected chi connectivity index (χ4v) is 5.74. The molecule has 9 heteroatoms. The number of aromatic nitrogens is 2. The summed E-state index contributed by atoms with van der Waals surface area (Å²) in [6, 6.07) is 7.60. The van der Waals surface area contributed by atoms with E-state index in [2.05, 4.69) is 16.9 Å². The third-order valence-corrected chi connectivity index (χ3v) is 7.66. The Morgan fingerprint density at radius 3 is 2.52 bits per heavy atom. The molecule has 1 aliphatic heterocycles. The number of halogens is 1. The lowest BCUT2D eigenvalue weighted by Gasteiger charge is -2.28. The van der Waals surface area contributed by atoms with Gasteiger partial charge in [0.25, 0.3) is 5.91 Å².